The van der Waals surface area contributed by atoms with Gasteiger partial charge in [-0.2, -0.15) is 0 Å². The van der Waals surface area contributed by atoms with Gasteiger partial charge in [0.05, 0.1) is 5.75 Å². The molecule has 1 heterocycles. The molecule has 1 aromatic heterocycles. The maximum Gasteiger partial charge on any atom is 0.230 e. The second-order valence-corrected chi connectivity index (χ2v) is 7.57. The monoisotopic (exact) mass is 380 g/mol. The molecule has 1 fully saturated rings. The quantitative estimate of drug-likeness (QED) is 0.748. The van der Waals surface area contributed by atoms with Crippen molar-refractivity contribution < 1.29 is 9.53 Å². The normalized spacial score (nSPS) is 13.8. The Morgan fingerprint density at radius 3 is 2.68 bits per heavy atom. The van der Waals surface area contributed by atoms with Crippen LogP contribution in [0.4, 0.5) is 0 Å². The first-order chi connectivity index (χ1) is 11.9. The summed E-state index contributed by atoms with van der Waals surface area (Å²) in [5.41, 5.74) is 1.96. The minimum Gasteiger partial charge on any atom is -0.486 e. The van der Waals surface area contributed by atoms with Crippen LogP contribution in [0.5, 0.6) is 5.75 Å². The third-order valence-electron chi connectivity index (χ3n) is 3.98. The van der Waals surface area contributed by atoms with Crippen LogP contribution in [0.25, 0.3) is 0 Å². The largest absolute Gasteiger partial charge is 0.486 e. The molecule has 1 saturated carbocycles. The Hall–Kier alpha value is -1.73. The van der Waals surface area contributed by atoms with Gasteiger partial charge in [-0.3, -0.25) is 4.79 Å². The van der Waals surface area contributed by atoms with Crippen LogP contribution in [0.15, 0.2) is 17.3 Å². The Balaban J connectivity index is 1.56. The van der Waals surface area contributed by atoms with E-state index in [1.165, 1.54) is 11.8 Å². The van der Waals surface area contributed by atoms with Crippen LogP contribution in [0, 0.1) is 13.8 Å². The first-order valence-corrected chi connectivity index (χ1v) is 9.50. The topological polar surface area (TPSA) is 69.0 Å². The summed E-state index contributed by atoms with van der Waals surface area (Å²) in [5.74, 6) is 1.84. The number of hydrogen-bond donors (Lipinski definition) is 1. The Labute approximate surface area is 156 Å². The summed E-state index contributed by atoms with van der Waals surface area (Å²) in [4.78, 5) is 11.8. The van der Waals surface area contributed by atoms with Crippen LogP contribution in [-0.2, 0) is 18.4 Å². The van der Waals surface area contributed by atoms with E-state index in [1.807, 2.05) is 37.6 Å². The highest BCUT2D eigenvalue weighted by Gasteiger charge is 2.23. The summed E-state index contributed by atoms with van der Waals surface area (Å²) in [6.45, 7) is 4.21. The molecule has 1 amide bonds. The van der Waals surface area contributed by atoms with Crippen molar-refractivity contribution in [3.05, 3.63) is 34.1 Å². The van der Waals surface area contributed by atoms with Crippen LogP contribution in [0.2, 0.25) is 5.02 Å². The summed E-state index contributed by atoms with van der Waals surface area (Å²) in [6, 6.07) is 4.19. The molecule has 25 heavy (non-hydrogen) atoms. The number of rotatable bonds is 7. The molecule has 0 saturated heterocycles. The minimum absolute atomic E-state index is 0.0421. The maximum absolute atomic E-state index is 11.8. The molecular weight excluding hydrogens is 360 g/mol. The van der Waals surface area contributed by atoms with Crippen molar-refractivity contribution in [1.82, 2.24) is 20.1 Å². The van der Waals surface area contributed by atoms with E-state index in [4.69, 9.17) is 16.3 Å². The number of hydrogen-bond acceptors (Lipinski definition) is 5. The summed E-state index contributed by atoms with van der Waals surface area (Å²) in [5, 5.41) is 12.7. The van der Waals surface area contributed by atoms with E-state index in [-0.39, 0.29) is 5.91 Å². The van der Waals surface area contributed by atoms with Gasteiger partial charge in [0.15, 0.2) is 11.0 Å². The number of amides is 1. The van der Waals surface area contributed by atoms with E-state index >= 15 is 0 Å². The average molecular weight is 381 g/mol. The van der Waals surface area contributed by atoms with Gasteiger partial charge in [-0.05, 0) is 49.9 Å². The first-order valence-electron chi connectivity index (χ1n) is 8.14. The molecule has 0 spiro atoms. The zero-order valence-electron chi connectivity index (χ0n) is 14.5. The van der Waals surface area contributed by atoms with Gasteiger partial charge in [0.2, 0.25) is 5.91 Å². The average Bonchev–Trinajstić information content (AvgIpc) is 3.31. The number of aryl methyl sites for hydroxylation is 2. The van der Waals surface area contributed by atoms with Crippen LogP contribution in [0.3, 0.4) is 0 Å². The number of carbonyl (C=O) groups excluding carboxylic acids is 1. The van der Waals surface area contributed by atoms with Gasteiger partial charge in [0, 0.05) is 18.1 Å². The predicted octanol–water partition coefficient (Wildman–Crippen LogP) is 3.04. The minimum atomic E-state index is 0.0421. The van der Waals surface area contributed by atoms with Crippen LogP contribution in [0.1, 0.15) is 29.8 Å². The molecule has 2 aromatic rings. The highest BCUT2D eigenvalue weighted by Crippen LogP contribution is 2.26. The lowest BCUT2D eigenvalue weighted by Crippen LogP contribution is -2.27. The summed E-state index contributed by atoms with van der Waals surface area (Å²) in [7, 11) is 1.87. The second kappa shape index (κ2) is 7.66. The van der Waals surface area contributed by atoms with Crippen molar-refractivity contribution in [1.29, 1.82) is 0 Å². The SMILES string of the molecule is Cc1cc(OCc2nnc(SCC(=O)NC3CC3)n2C)cc(C)c1Cl. The van der Waals surface area contributed by atoms with E-state index < -0.39 is 0 Å². The number of nitrogens with one attached hydrogen (secondary N) is 1. The van der Waals surface area contributed by atoms with Crippen molar-refractivity contribution in [3.63, 3.8) is 0 Å². The van der Waals surface area contributed by atoms with Crippen LogP contribution < -0.4 is 10.1 Å². The fraction of sp³-hybridized carbons (Fsp3) is 0.471. The smallest absolute Gasteiger partial charge is 0.230 e. The van der Waals surface area contributed by atoms with E-state index in [0.717, 1.165) is 34.7 Å². The summed E-state index contributed by atoms with van der Waals surface area (Å²) < 4.78 is 7.67. The summed E-state index contributed by atoms with van der Waals surface area (Å²) >= 11 is 7.55. The number of nitrogens with zero attached hydrogens (tertiary/aromatic N) is 3. The van der Waals surface area contributed by atoms with Crippen molar-refractivity contribution >= 4 is 29.3 Å². The molecule has 3 rings (SSSR count). The molecule has 134 valence electrons. The summed E-state index contributed by atoms with van der Waals surface area (Å²) in [6.07, 6.45) is 2.18. The first kappa shape index (κ1) is 18.1. The standard InChI is InChI=1S/C17H21ClN4O2S/c1-10-6-13(7-11(2)16(10)18)24-8-14-20-21-17(22(14)3)25-9-15(23)19-12-4-5-12/h6-7,12H,4-5,8-9H2,1-3H3,(H,19,23). The number of benzene rings is 1. The van der Waals surface area contributed by atoms with Crippen molar-refractivity contribution in [3.8, 4) is 5.75 Å². The third-order valence-corrected chi connectivity index (χ3v) is 5.59. The lowest BCUT2D eigenvalue weighted by molar-refractivity contribution is -0.118. The molecule has 0 bridgehead atoms. The van der Waals surface area contributed by atoms with Gasteiger partial charge in [-0.1, -0.05) is 23.4 Å². The number of ether oxygens (including phenoxy) is 1. The highest BCUT2D eigenvalue weighted by atomic mass is 35.5. The van der Waals surface area contributed by atoms with Gasteiger partial charge in [0.25, 0.3) is 0 Å². The molecule has 1 N–H and O–H groups in total. The molecule has 0 atom stereocenters. The van der Waals surface area contributed by atoms with Gasteiger partial charge < -0.3 is 14.6 Å². The maximum atomic E-state index is 11.8. The van der Waals surface area contributed by atoms with Crippen molar-refractivity contribution in [2.24, 2.45) is 7.05 Å². The van der Waals surface area contributed by atoms with Crippen molar-refractivity contribution in [2.75, 3.05) is 5.75 Å². The highest BCUT2D eigenvalue weighted by molar-refractivity contribution is 7.99. The Morgan fingerprint density at radius 2 is 2.04 bits per heavy atom. The van der Waals surface area contributed by atoms with Gasteiger partial charge in [-0.25, -0.2) is 0 Å². The zero-order valence-corrected chi connectivity index (χ0v) is 16.1. The van der Waals surface area contributed by atoms with E-state index in [0.29, 0.717) is 29.4 Å². The van der Waals surface area contributed by atoms with E-state index in [2.05, 4.69) is 15.5 Å². The lowest BCUT2D eigenvalue weighted by Gasteiger charge is -2.10. The number of thioether (sulfide) groups is 1. The molecule has 0 unspecified atom stereocenters. The Kier molecular flexibility index (Phi) is 5.54. The fourth-order valence-electron chi connectivity index (χ4n) is 2.36. The van der Waals surface area contributed by atoms with Gasteiger partial charge in [0.1, 0.15) is 12.4 Å². The molecule has 8 heteroatoms. The number of halogens is 1. The van der Waals surface area contributed by atoms with E-state index in [9.17, 15) is 4.79 Å². The van der Waals surface area contributed by atoms with E-state index in [1.54, 1.807) is 0 Å². The Morgan fingerprint density at radius 1 is 1.36 bits per heavy atom. The number of carbonyl (C=O) groups is 1. The molecule has 1 aliphatic carbocycles. The predicted molar refractivity (Wildman–Crippen MR) is 98.1 cm³/mol. The molecule has 1 aromatic carbocycles. The third kappa shape index (κ3) is 4.67. The molecule has 1 aliphatic rings. The lowest BCUT2D eigenvalue weighted by atomic mass is 10.1. The molecule has 0 radical (unpaired) electrons. The Bertz CT molecular complexity index is 766. The van der Waals surface area contributed by atoms with Gasteiger partial charge >= 0.3 is 0 Å². The van der Waals surface area contributed by atoms with Crippen LogP contribution in [-0.4, -0.2) is 32.5 Å². The molecular formula is C17H21ClN4O2S. The van der Waals surface area contributed by atoms with Gasteiger partial charge in [-0.15, -0.1) is 10.2 Å². The molecule has 6 nitrogen and oxygen atoms in total. The van der Waals surface area contributed by atoms with Crippen LogP contribution >= 0.6 is 23.4 Å². The molecule has 0 aliphatic heterocycles. The van der Waals surface area contributed by atoms with Crippen molar-refractivity contribution in [2.45, 2.75) is 44.5 Å². The zero-order chi connectivity index (χ0) is 18.0. The fourth-order valence-corrected chi connectivity index (χ4v) is 3.21. The second-order valence-electron chi connectivity index (χ2n) is 6.25. The number of aromatic nitrogens is 3.